The second-order valence-corrected chi connectivity index (χ2v) is 4.88. The first-order valence-electron chi connectivity index (χ1n) is 6.19. The molecule has 0 aromatic carbocycles. The number of halogens is 1. The molecular formula is C13H15ClN4O2. The maximum absolute atomic E-state index is 12.2. The van der Waals surface area contributed by atoms with Crippen LogP contribution in [0.4, 0.5) is 0 Å². The number of nitrogens with zero attached hydrogens (tertiary/aromatic N) is 2. The number of carbonyl (C=O) groups excluding carboxylic acids is 1. The highest BCUT2D eigenvalue weighted by Gasteiger charge is 2.17. The zero-order chi connectivity index (χ0) is 14.7. The molecule has 0 saturated carbocycles. The van der Waals surface area contributed by atoms with E-state index in [0.29, 0.717) is 11.4 Å². The highest BCUT2D eigenvalue weighted by Crippen LogP contribution is 2.16. The lowest BCUT2D eigenvalue weighted by Crippen LogP contribution is -2.32. The van der Waals surface area contributed by atoms with E-state index in [4.69, 9.17) is 11.6 Å². The fraction of sp³-hybridized carbons (Fsp3) is 0.308. The minimum atomic E-state index is -0.465. The summed E-state index contributed by atoms with van der Waals surface area (Å²) in [5.41, 5.74) is 0.426. The topological polar surface area (TPSA) is 79.8 Å². The molecule has 0 spiro atoms. The van der Waals surface area contributed by atoms with Crippen LogP contribution in [0, 0.1) is 0 Å². The van der Waals surface area contributed by atoms with Crippen LogP contribution in [-0.2, 0) is 7.05 Å². The number of aromatic amines is 1. The van der Waals surface area contributed by atoms with Gasteiger partial charge in [-0.25, -0.2) is 0 Å². The predicted octanol–water partition coefficient (Wildman–Crippen LogP) is 1.64. The molecule has 106 valence electrons. The van der Waals surface area contributed by atoms with Crippen LogP contribution < -0.4 is 10.9 Å². The summed E-state index contributed by atoms with van der Waals surface area (Å²) in [7, 11) is 1.81. The zero-order valence-electron chi connectivity index (χ0n) is 11.2. The molecule has 7 heteroatoms. The maximum Gasteiger partial charge on any atom is 0.260 e. The molecule has 2 heterocycles. The highest BCUT2D eigenvalue weighted by molar-refractivity contribution is 6.30. The molecular weight excluding hydrogens is 280 g/mol. The summed E-state index contributed by atoms with van der Waals surface area (Å²) in [5.74, 6) is -0.454. The van der Waals surface area contributed by atoms with E-state index in [9.17, 15) is 9.59 Å². The van der Waals surface area contributed by atoms with Crippen molar-refractivity contribution < 1.29 is 4.79 Å². The van der Waals surface area contributed by atoms with Crippen LogP contribution in [0.25, 0.3) is 0 Å². The Bertz CT molecular complexity index is 677. The van der Waals surface area contributed by atoms with E-state index in [2.05, 4.69) is 15.4 Å². The van der Waals surface area contributed by atoms with Crippen molar-refractivity contribution in [3.63, 3.8) is 0 Å². The number of hydrogen-bond acceptors (Lipinski definition) is 3. The van der Waals surface area contributed by atoms with Crippen LogP contribution in [0.2, 0.25) is 5.02 Å². The summed E-state index contributed by atoms with van der Waals surface area (Å²) in [6.45, 7) is 1.94. The van der Waals surface area contributed by atoms with Crippen LogP contribution in [0.1, 0.15) is 35.3 Å². The van der Waals surface area contributed by atoms with Crippen molar-refractivity contribution in [2.24, 2.45) is 7.05 Å². The third kappa shape index (κ3) is 3.08. The Morgan fingerprint density at radius 2 is 2.35 bits per heavy atom. The number of nitrogens with one attached hydrogen (secondary N) is 2. The zero-order valence-corrected chi connectivity index (χ0v) is 11.9. The number of aromatic nitrogens is 3. The maximum atomic E-state index is 12.2. The molecule has 6 nitrogen and oxygen atoms in total. The normalized spacial score (nSPS) is 12.2. The van der Waals surface area contributed by atoms with Gasteiger partial charge in [-0.05, 0) is 12.5 Å². The van der Waals surface area contributed by atoms with Gasteiger partial charge >= 0.3 is 0 Å². The van der Waals surface area contributed by atoms with Gasteiger partial charge in [-0.3, -0.25) is 14.3 Å². The fourth-order valence-corrected chi connectivity index (χ4v) is 2.07. The quantitative estimate of drug-likeness (QED) is 0.899. The van der Waals surface area contributed by atoms with Crippen LogP contribution in [-0.4, -0.2) is 20.7 Å². The van der Waals surface area contributed by atoms with E-state index in [1.807, 2.05) is 13.1 Å². The highest BCUT2D eigenvalue weighted by atomic mass is 35.5. The van der Waals surface area contributed by atoms with Crippen molar-refractivity contribution in [3.05, 3.63) is 51.2 Å². The van der Waals surface area contributed by atoms with E-state index in [1.165, 1.54) is 12.3 Å². The lowest BCUT2D eigenvalue weighted by molar-refractivity contribution is 0.0934. The van der Waals surface area contributed by atoms with Crippen LogP contribution in [0.3, 0.4) is 0 Å². The summed E-state index contributed by atoms with van der Waals surface area (Å²) in [6, 6.07) is 1.15. The Morgan fingerprint density at radius 1 is 1.60 bits per heavy atom. The van der Waals surface area contributed by atoms with Gasteiger partial charge in [0, 0.05) is 25.0 Å². The molecule has 2 aromatic rings. The molecule has 0 bridgehead atoms. The Hall–Kier alpha value is -2.08. The van der Waals surface area contributed by atoms with Gasteiger partial charge in [-0.2, -0.15) is 5.10 Å². The molecule has 0 unspecified atom stereocenters. The van der Waals surface area contributed by atoms with Crippen LogP contribution >= 0.6 is 11.6 Å². The number of H-pyrrole nitrogens is 1. The average Bonchev–Trinajstić information content (AvgIpc) is 2.85. The molecule has 0 aliphatic heterocycles. The van der Waals surface area contributed by atoms with Crippen molar-refractivity contribution in [2.75, 3.05) is 0 Å². The van der Waals surface area contributed by atoms with Crippen molar-refractivity contribution >= 4 is 17.5 Å². The second kappa shape index (κ2) is 5.92. The van der Waals surface area contributed by atoms with Gasteiger partial charge in [0.05, 0.1) is 17.3 Å². The lowest BCUT2D eigenvalue weighted by atomic mass is 10.1. The molecule has 2 aromatic heterocycles. The molecule has 1 atom stereocenters. The summed E-state index contributed by atoms with van der Waals surface area (Å²) >= 11 is 5.79. The van der Waals surface area contributed by atoms with Gasteiger partial charge in [0.1, 0.15) is 5.56 Å². The first-order valence-corrected chi connectivity index (χ1v) is 6.56. The molecule has 0 saturated heterocycles. The van der Waals surface area contributed by atoms with E-state index in [-0.39, 0.29) is 11.6 Å². The van der Waals surface area contributed by atoms with E-state index >= 15 is 0 Å². The minimum Gasteiger partial charge on any atom is -0.345 e. The molecule has 2 N–H and O–H groups in total. The summed E-state index contributed by atoms with van der Waals surface area (Å²) in [6.07, 6.45) is 5.56. The first kappa shape index (κ1) is 14.3. The second-order valence-electron chi connectivity index (χ2n) is 4.44. The van der Waals surface area contributed by atoms with Gasteiger partial charge in [-0.1, -0.05) is 18.5 Å². The first-order chi connectivity index (χ1) is 9.51. The molecule has 0 radical (unpaired) electrons. The van der Waals surface area contributed by atoms with Crippen LogP contribution in [0.15, 0.2) is 29.5 Å². The predicted molar refractivity (Wildman–Crippen MR) is 75.8 cm³/mol. The van der Waals surface area contributed by atoms with Gasteiger partial charge in [0.15, 0.2) is 0 Å². The van der Waals surface area contributed by atoms with Crippen molar-refractivity contribution in [1.29, 1.82) is 0 Å². The molecule has 20 heavy (non-hydrogen) atoms. The Labute approximate surface area is 120 Å². The van der Waals surface area contributed by atoms with Gasteiger partial charge in [0.25, 0.3) is 11.5 Å². The van der Waals surface area contributed by atoms with Crippen molar-refractivity contribution in [3.8, 4) is 0 Å². The minimum absolute atomic E-state index is 0.000148. The summed E-state index contributed by atoms with van der Waals surface area (Å²) in [4.78, 5) is 26.2. The molecule has 0 aliphatic carbocycles. The monoisotopic (exact) mass is 294 g/mol. The fourth-order valence-electron chi connectivity index (χ4n) is 1.90. The largest absolute Gasteiger partial charge is 0.345 e. The number of hydrogen-bond donors (Lipinski definition) is 2. The van der Waals surface area contributed by atoms with E-state index in [1.54, 1.807) is 17.9 Å². The lowest BCUT2D eigenvalue weighted by Gasteiger charge is -2.15. The SMILES string of the molecule is CC[C@H](NC(=O)c1cc(Cl)c[nH]c1=O)c1cnn(C)c1. The van der Waals surface area contributed by atoms with E-state index < -0.39 is 11.5 Å². The Morgan fingerprint density at radius 3 is 2.95 bits per heavy atom. The van der Waals surface area contributed by atoms with Crippen molar-refractivity contribution in [2.45, 2.75) is 19.4 Å². The van der Waals surface area contributed by atoms with E-state index in [0.717, 1.165) is 5.56 Å². The Balaban J connectivity index is 2.21. The summed E-state index contributed by atoms with van der Waals surface area (Å²) in [5, 5.41) is 7.19. The average molecular weight is 295 g/mol. The summed E-state index contributed by atoms with van der Waals surface area (Å²) < 4.78 is 1.66. The number of pyridine rings is 1. The number of aryl methyl sites for hydroxylation is 1. The molecule has 0 aliphatic rings. The standard InChI is InChI=1S/C13H15ClN4O2/c1-3-11(8-5-16-18(2)7-8)17-13(20)10-4-9(14)6-15-12(10)19/h4-7,11H,3H2,1-2H3,(H,15,19)(H,17,20)/t11-/m0/s1. The third-order valence-corrected chi connectivity index (χ3v) is 3.17. The number of carbonyl (C=O) groups is 1. The van der Waals surface area contributed by atoms with Gasteiger partial charge in [-0.15, -0.1) is 0 Å². The molecule has 1 amide bonds. The molecule has 0 fully saturated rings. The smallest absolute Gasteiger partial charge is 0.260 e. The van der Waals surface area contributed by atoms with Gasteiger partial charge < -0.3 is 10.3 Å². The number of amides is 1. The third-order valence-electron chi connectivity index (χ3n) is 2.95. The van der Waals surface area contributed by atoms with Crippen molar-refractivity contribution in [1.82, 2.24) is 20.1 Å². The Kier molecular flexibility index (Phi) is 4.24. The number of rotatable bonds is 4. The molecule has 2 rings (SSSR count). The van der Waals surface area contributed by atoms with Crippen LogP contribution in [0.5, 0.6) is 0 Å². The van der Waals surface area contributed by atoms with Gasteiger partial charge in [0.2, 0.25) is 0 Å².